The van der Waals surface area contributed by atoms with Crippen LogP contribution in [0.3, 0.4) is 0 Å². The first-order chi connectivity index (χ1) is 7.74. The molecule has 0 atom stereocenters. The van der Waals surface area contributed by atoms with Gasteiger partial charge in [-0.05, 0) is 36.8 Å². The molecule has 0 unspecified atom stereocenters. The van der Waals surface area contributed by atoms with Gasteiger partial charge >= 0.3 is 0 Å². The lowest BCUT2D eigenvalue weighted by atomic mass is 10.2. The van der Waals surface area contributed by atoms with Crippen molar-refractivity contribution in [2.24, 2.45) is 4.99 Å². The van der Waals surface area contributed by atoms with Crippen molar-refractivity contribution in [2.75, 3.05) is 0 Å². The van der Waals surface area contributed by atoms with Crippen molar-refractivity contribution in [2.45, 2.75) is 6.92 Å². The van der Waals surface area contributed by atoms with E-state index >= 15 is 0 Å². The smallest absolute Gasteiger partial charge is 0.152 e. The molecule has 80 valence electrons. The van der Waals surface area contributed by atoms with E-state index in [1.807, 2.05) is 25.1 Å². The van der Waals surface area contributed by atoms with Crippen LogP contribution in [-0.4, -0.2) is 11.2 Å². The zero-order valence-corrected chi connectivity index (χ0v) is 8.89. The number of halogens is 1. The number of aryl methyl sites for hydroxylation is 1. The molecule has 2 aromatic rings. The minimum atomic E-state index is -0.245. The van der Waals surface area contributed by atoms with E-state index in [9.17, 15) is 4.39 Å². The number of aliphatic imine (C=N–C) groups is 1. The van der Waals surface area contributed by atoms with Crippen molar-refractivity contribution in [3.05, 3.63) is 59.5 Å². The van der Waals surface area contributed by atoms with Crippen LogP contribution in [0.25, 0.3) is 0 Å². The predicted octanol–water partition coefficient (Wildman–Crippen LogP) is 3.28. The second-order valence-electron chi connectivity index (χ2n) is 3.45. The standard InChI is InChI=1S/C13H11FN2/c1-10-3-2-4-13(16-10)15-9-11-5-7-12(14)8-6-11/h2-9H,1H3/b15-9+. The molecule has 0 N–H and O–H groups in total. The zero-order chi connectivity index (χ0) is 11.4. The molecule has 1 heterocycles. The fraction of sp³-hybridized carbons (Fsp3) is 0.0769. The third kappa shape index (κ3) is 2.73. The molecular weight excluding hydrogens is 203 g/mol. The van der Waals surface area contributed by atoms with Gasteiger partial charge in [-0.1, -0.05) is 18.2 Å². The van der Waals surface area contributed by atoms with Crippen LogP contribution in [0.15, 0.2) is 47.5 Å². The van der Waals surface area contributed by atoms with Crippen LogP contribution >= 0.6 is 0 Å². The summed E-state index contributed by atoms with van der Waals surface area (Å²) >= 11 is 0. The number of rotatable bonds is 2. The Morgan fingerprint density at radius 2 is 1.88 bits per heavy atom. The van der Waals surface area contributed by atoms with Gasteiger partial charge in [-0.25, -0.2) is 14.4 Å². The van der Waals surface area contributed by atoms with Crippen LogP contribution in [-0.2, 0) is 0 Å². The molecule has 2 rings (SSSR count). The average Bonchev–Trinajstić information content (AvgIpc) is 2.28. The summed E-state index contributed by atoms with van der Waals surface area (Å²) in [5, 5.41) is 0. The fourth-order valence-electron chi connectivity index (χ4n) is 1.29. The first-order valence-corrected chi connectivity index (χ1v) is 4.97. The molecule has 1 aromatic heterocycles. The fourth-order valence-corrected chi connectivity index (χ4v) is 1.29. The third-order valence-corrected chi connectivity index (χ3v) is 2.09. The number of hydrogen-bond acceptors (Lipinski definition) is 2. The van der Waals surface area contributed by atoms with E-state index < -0.39 is 0 Å². The minimum absolute atomic E-state index is 0.245. The number of hydrogen-bond donors (Lipinski definition) is 0. The number of benzene rings is 1. The van der Waals surface area contributed by atoms with Crippen molar-refractivity contribution in [1.82, 2.24) is 4.98 Å². The van der Waals surface area contributed by atoms with Crippen molar-refractivity contribution >= 4 is 12.0 Å². The van der Waals surface area contributed by atoms with Crippen molar-refractivity contribution in [1.29, 1.82) is 0 Å². The molecular formula is C13H11FN2. The van der Waals surface area contributed by atoms with Gasteiger partial charge in [0.15, 0.2) is 5.82 Å². The van der Waals surface area contributed by atoms with Crippen LogP contribution in [0.5, 0.6) is 0 Å². The lowest BCUT2D eigenvalue weighted by Gasteiger charge is -1.95. The Kier molecular flexibility index (Phi) is 3.05. The largest absolute Gasteiger partial charge is 0.237 e. The number of pyridine rings is 1. The molecule has 0 aliphatic heterocycles. The molecule has 0 aliphatic carbocycles. The maximum absolute atomic E-state index is 12.6. The predicted molar refractivity (Wildman–Crippen MR) is 62.6 cm³/mol. The summed E-state index contributed by atoms with van der Waals surface area (Å²) in [5.41, 5.74) is 1.78. The van der Waals surface area contributed by atoms with Gasteiger partial charge in [-0.2, -0.15) is 0 Å². The number of aromatic nitrogens is 1. The van der Waals surface area contributed by atoms with Gasteiger partial charge in [0.2, 0.25) is 0 Å². The lowest BCUT2D eigenvalue weighted by Crippen LogP contribution is -1.83. The molecule has 0 fully saturated rings. The molecule has 0 aliphatic rings. The van der Waals surface area contributed by atoms with Crippen LogP contribution in [0, 0.1) is 12.7 Å². The van der Waals surface area contributed by atoms with E-state index in [4.69, 9.17) is 0 Å². The Bertz CT molecular complexity index is 504. The van der Waals surface area contributed by atoms with E-state index in [2.05, 4.69) is 9.98 Å². The van der Waals surface area contributed by atoms with Crippen molar-refractivity contribution in [3.63, 3.8) is 0 Å². The lowest BCUT2D eigenvalue weighted by molar-refractivity contribution is 0.628. The molecule has 0 amide bonds. The SMILES string of the molecule is Cc1cccc(/N=C/c2ccc(F)cc2)n1. The van der Waals surface area contributed by atoms with Crippen molar-refractivity contribution < 1.29 is 4.39 Å². The second-order valence-corrected chi connectivity index (χ2v) is 3.45. The summed E-state index contributed by atoms with van der Waals surface area (Å²) in [6, 6.07) is 11.8. The minimum Gasteiger partial charge on any atom is -0.237 e. The Hall–Kier alpha value is -2.03. The maximum Gasteiger partial charge on any atom is 0.152 e. The van der Waals surface area contributed by atoms with Crippen molar-refractivity contribution in [3.8, 4) is 0 Å². The molecule has 16 heavy (non-hydrogen) atoms. The summed E-state index contributed by atoms with van der Waals surface area (Å²) in [6.45, 7) is 1.91. The second kappa shape index (κ2) is 4.66. The monoisotopic (exact) mass is 214 g/mol. The van der Waals surface area contributed by atoms with E-state index in [0.717, 1.165) is 11.3 Å². The highest BCUT2D eigenvalue weighted by Crippen LogP contribution is 2.08. The van der Waals surface area contributed by atoms with Gasteiger partial charge < -0.3 is 0 Å². The van der Waals surface area contributed by atoms with Gasteiger partial charge in [-0.3, -0.25) is 0 Å². The van der Waals surface area contributed by atoms with E-state index in [1.54, 1.807) is 18.3 Å². The molecule has 0 bridgehead atoms. The van der Waals surface area contributed by atoms with Gasteiger partial charge in [0.1, 0.15) is 5.82 Å². The molecule has 0 radical (unpaired) electrons. The summed E-state index contributed by atoms with van der Waals surface area (Å²) in [4.78, 5) is 8.44. The highest BCUT2D eigenvalue weighted by atomic mass is 19.1. The maximum atomic E-state index is 12.6. The van der Waals surface area contributed by atoms with E-state index in [0.29, 0.717) is 5.82 Å². The third-order valence-electron chi connectivity index (χ3n) is 2.09. The first-order valence-electron chi connectivity index (χ1n) is 4.97. The Morgan fingerprint density at radius 3 is 2.56 bits per heavy atom. The van der Waals surface area contributed by atoms with E-state index in [-0.39, 0.29) is 5.82 Å². The summed E-state index contributed by atoms with van der Waals surface area (Å²) in [7, 11) is 0. The Balaban J connectivity index is 2.18. The van der Waals surface area contributed by atoms with Crippen LogP contribution in [0.1, 0.15) is 11.3 Å². The van der Waals surface area contributed by atoms with Gasteiger partial charge in [0, 0.05) is 11.9 Å². The van der Waals surface area contributed by atoms with Crippen LogP contribution in [0.4, 0.5) is 10.2 Å². The van der Waals surface area contributed by atoms with E-state index in [1.165, 1.54) is 12.1 Å². The molecule has 1 aromatic carbocycles. The topological polar surface area (TPSA) is 25.2 Å². The zero-order valence-electron chi connectivity index (χ0n) is 8.89. The molecule has 3 heteroatoms. The number of nitrogens with zero attached hydrogens (tertiary/aromatic N) is 2. The highest BCUT2D eigenvalue weighted by Gasteiger charge is 1.92. The molecule has 2 nitrogen and oxygen atoms in total. The normalized spacial score (nSPS) is 10.9. The Morgan fingerprint density at radius 1 is 1.12 bits per heavy atom. The quantitative estimate of drug-likeness (QED) is 0.704. The summed E-state index contributed by atoms with van der Waals surface area (Å²) < 4.78 is 12.6. The summed E-state index contributed by atoms with van der Waals surface area (Å²) in [6.07, 6.45) is 1.67. The van der Waals surface area contributed by atoms with Crippen LogP contribution in [0.2, 0.25) is 0 Å². The van der Waals surface area contributed by atoms with Gasteiger partial charge in [0.25, 0.3) is 0 Å². The molecule has 0 saturated heterocycles. The Labute approximate surface area is 93.5 Å². The summed E-state index contributed by atoms with van der Waals surface area (Å²) in [5.74, 6) is 0.412. The van der Waals surface area contributed by atoms with Gasteiger partial charge in [0.05, 0.1) is 0 Å². The molecule has 0 spiro atoms. The van der Waals surface area contributed by atoms with Crippen LogP contribution < -0.4 is 0 Å². The van der Waals surface area contributed by atoms with Gasteiger partial charge in [-0.15, -0.1) is 0 Å². The highest BCUT2D eigenvalue weighted by molar-refractivity contribution is 5.81. The first kappa shape index (κ1) is 10.5. The molecule has 0 saturated carbocycles. The average molecular weight is 214 g/mol.